The lowest BCUT2D eigenvalue weighted by atomic mass is 9.71. The third-order valence-electron chi connectivity index (χ3n) is 3.78. The standard InChI is InChI=1S/C12H24N2O2/c1-5-13-9-12(11(2,3)4)7-6-8-14(12)10(15)16/h13H,5-9H2,1-4H3,(H,15,16). The lowest BCUT2D eigenvalue weighted by molar-refractivity contribution is 0.0311. The van der Waals surface area contributed by atoms with Gasteiger partial charge in [-0.15, -0.1) is 0 Å². The minimum absolute atomic E-state index is 0.0376. The molecule has 0 aromatic carbocycles. The number of likely N-dealkylation sites (N-methyl/N-ethyl adjacent to an activating group) is 1. The minimum Gasteiger partial charge on any atom is -0.465 e. The zero-order valence-corrected chi connectivity index (χ0v) is 10.8. The van der Waals surface area contributed by atoms with Crippen LogP contribution in [-0.4, -0.2) is 41.3 Å². The number of hydrogen-bond donors (Lipinski definition) is 2. The van der Waals surface area contributed by atoms with Gasteiger partial charge in [-0.3, -0.25) is 0 Å². The van der Waals surface area contributed by atoms with Crippen molar-refractivity contribution in [2.24, 2.45) is 5.41 Å². The molecule has 0 aromatic rings. The molecule has 0 radical (unpaired) electrons. The first-order valence-electron chi connectivity index (χ1n) is 6.06. The van der Waals surface area contributed by atoms with Crippen LogP contribution in [0, 0.1) is 5.41 Å². The minimum atomic E-state index is -0.787. The van der Waals surface area contributed by atoms with E-state index in [-0.39, 0.29) is 11.0 Å². The molecule has 1 rings (SSSR count). The van der Waals surface area contributed by atoms with E-state index in [0.717, 1.165) is 25.9 Å². The van der Waals surface area contributed by atoms with Crippen molar-refractivity contribution >= 4 is 6.09 Å². The van der Waals surface area contributed by atoms with Gasteiger partial charge in [-0.1, -0.05) is 27.7 Å². The lowest BCUT2D eigenvalue weighted by Gasteiger charge is -2.47. The molecule has 1 fully saturated rings. The van der Waals surface area contributed by atoms with Gasteiger partial charge in [0.05, 0.1) is 5.54 Å². The van der Waals surface area contributed by atoms with Crippen molar-refractivity contribution in [3.05, 3.63) is 0 Å². The Morgan fingerprint density at radius 3 is 2.56 bits per heavy atom. The largest absolute Gasteiger partial charge is 0.465 e. The number of carbonyl (C=O) groups is 1. The summed E-state index contributed by atoms with van der Waals surface area (Å²) in [6, 6.07) is 0. The topological polar surface area (TPSA) is 52.6 Å². The van der Waals surface area contributed by atoms with Crippen LogP contribution >= 0.6 is 0 Å². The fraction of sp³-hybridized carbons (Fsp3) is 0.917. The maximum atomic E-state index is 11.3. The molecule has 0 aromatic heterocycles. The van der Waals surface area contributed by atoms with Crippen LogP contribution in [0.15, 0.2) is 0 Å². The van der Waals surface area contributed by atoms with Gasteiger partial charge in [0.15, 0.2) is 0 Å². The number of rotatable bonds is 3. The smallest absolute Gasteiger partial charge is 0.407 e. The maximum Gasteiger partial charge on any atom is 0.407 e. The van der Waals surface area contributed by atoms with Crippen LogP contribution in [0.5, 0.6) is 0 Å². The third kappa shape index (κ3) is 2.17. The Hall–Kier alpha value is -0.770. The predicted octanol–water partition coefficient (Wildman–Crippen LogP) is 2.15. The number of nitrogens with zero attached hydrogens (tertiary/aromatic N) is 1. The number of carboxylic acid groups (broad SMARTS) is 1. The summed E-state index contributed by atoms with van der Waals surface area (Å²) < 4.78 is 0. The van der Waals surface area contributed by atoms with Crippen LogP contribution in [0.25, 0.3) is 0 Å². The molecule has 0 bridgehead atoms. The van der Waals surface area contributed by atoms with Gasteiger partial charge in [0, 0.05) is 13.1 Å². The highest BCUT2D eigenvalue weighted by Gasteiger charge is 2.51. The molecule has 1 aliphatic rings. The van der Waals surface area contributed by atoms with Crippen molar-refractivity contribution in [1.29, 1.82) is 0 Å². The Morgan fingerprint density at radius 1 is 1.50 bits per heavy atom. The second-order valence-corrected chi connectivity index (χ2v) is 5.60. The Balaban J connectivity index is 2.98. The predicted molar refractivity (Wildman–Crippen MR) is 64.7 cm³/mol. The Labute approximate surface area is 98.0 Å². The van der Waals surface area contributed by atoms with Gasteiger partial charge < -0.3 is 15.3 Å². The van der Waals surface area contributed by atoms with E-state index in [4.69, 9.17) is 0 Å². The van der Waals surface area contributed by atoms with Crippen molar-refractivity contribution in [3.8, 4) is 0 Å². The molecule has 1 saturated heterocycles. The Kier molecular flexibility index (Phi) is 3.84. The molecule has 1 heterocycles. The van der Waals surface area contributed by atoms with Gasteiger partial charge >= 0.3 is 6.09 Å². The van der Waals surface area contributed by atoms with Crippen molar-refractivity contribution in [1.82, 2.24) is 10.2 Å². The zero-order chi connectivity index (χ0) is 12.4. The number of likely N-dealkylation sites (tertiary alicyclic amines) is 1. The van der Waals surface area contributed by atoms with E-state index in [1.165, 1.54) is 0 Å². The van der Waals surface area contributed by atoms with Gasteiger partial charge in [0.25, 0.3) is 0 Å². The molecule has 1 amide bonds. The zero-order valence-electron chi connectivity index (χ0n) is 10.8. The van der Waals surface area contributed by atoms with Gasteiger partial charge in [-0.05, 0) is 24.8 Å². The summed E-state index contributed by atoms with van der Waals surface area (Å²) in [6.07, 6.45) is 1.13. The van der Waals surface area contributed by atoms with E-state index < -0.39 is 6.09 Å². The Bertz CT molecular complexity index is 260. The van der Waals surface area contributed by atoms with Crippen molar-refractivity contribution < 1.29 is 9.90 Å². The lowest BCUT2D eigenvalue weighted by Crippen LogP contribution is -2.60. The Morgan fingerprint density at radius 2 is 2.12 bits per heavy atom. The summed E-state index contributed by atoms with van der Waals surface area (Å²) in [6.45, 7) is 10.7. The van der Waals surface area contributed by atoms with E-state index >= 15 is 0 Å². The van der Waals surface area contributed by atoms with Crippen LogP contribution in [0.1, 0.15) is 40.5 Å². The number of amides is 1. The summed E-state index contributed by atoms with van der Waals surface area (Å²) >= 11 is 0. The molecule has 1 aliphatic heterocycles. The highest BCUT2D eigenvalue weighted by atomic mass is 16.4. The molecule has 0 saturated carbocycles. The van der Waals surface area contributed by atoms with Gasteiger partial charge in [0.1, 0.15) is 0 Å². The molecule has 1 unspecified atom stereocenters. The summed E-state index contributed by atoms with van der Waals surface area (Å²) in [4.78, 5) is 13.0. The molecule has 0 aliphatic carbocycles. The molecule has 1 atom stereocenters. The molecule has 4 heteroatoms. The van der Waals surface area contributed by atoms with Crippen molar-refractivity contribution in [2.45, 2.75) is 46.1 Å². The van der Waals surface area contributed by atoms with E-state index in [9.17, 15) is 9.90 Å². The van der Waals surface area contributed by atoms with Crippen LogP contribution in [0.2, 0.25) is 0 Å². The van der Waals surface area contributed by atoms with Crippen LogP contribution in [-0.2, 0) is 0 Å². The normalized spacial score (nSPS) is 26.1. The summed E-state index contributed by atoms with van der Waals surface area (Å²) in [5.74, 6) is 0. The quantitative estimate of drug-likeness (QED) is 0.778. The van der Waals surface area contributed by atoms with Crippen molar-refractivity contribution in [2.75, 3.05) is 19.6 Å². The van der Waals surface area contributed by atoms with Crippen LogP contribution in [0.3, 0.4) is 0 Å². The second kappa shape index (κ2) is 4.62. The average Bonchev–Trinajstić information content (AvgIpc) is 2.58. The van der Waals surface area contributed by atoms with E-state index in [1.54, 1.807) is 4.90 Å². The molecule has 2 N–H and O–H groups in total. The van der Waals surface area contributed by atoms with Crippen molar-refractivity contribution in [3.63, 3.8) is 0 Å². The summed E-state index contributed by atoms with van der Waals surface area (Å²) in [5.41, 5.74) is -0.293. The number of hydrogen-bond acceptors (Lipinski definition) is 2. The number of nitrogens with one attached hydrogen (secondary N) is 1. The first kappa shape index (κ1) is 13.3. The van der Waals surface area contributed by atoms with Gasteiger partial charge in [-0.2, -0.15) is 0 Å². The SMILES string of the molecule is CCNCC1(C(C)(C)C)CCCN1C(=O)O. The molecule has 4 nitrogen and oxygen atoms in total. The van der Waals surface area contributed by atoms with E-state index in [0.29, 0.717) is 6.54 Å². The first-order chi connectivity index (χ1) is 7.35. The average molecular weight is 228 g/mol. The molecule has 94 valence electrons. The van der Waals surface area contributed by atoms with Crippen LogP contribution < -0.4 is 5.32 Å². The maximum absolute atomic E-state index is 11.3. The first-order valence-corrected chi connectivity index (χ1v) is 6.06. The molecular formula is C12H24N2O2. The highest BCUT2D eigenvalue weighted by molar-refractivity contribution is 5.67. The fourth-order valence-corrected chi connectivity index (χ4v) is 2.72. The molecule has 16 heavy (non-hydrogen) atoms. The van der Waals surface area contributed by atoms with Gasteiger partial charge in [-0.25, -0.2) is 4.79 Å². The molecule has 0 spiro atoms. The van der Waals surface area contributed by atoms with E-state index in [1.807, 2.05) is 0 Å². The summed E-state index contributed by atoms with van der Waals surface area (Å²) in [7, 11) is 0. The monoisotopic (exact) mass is 228 g/mol. The molecular weight excluding hydrogens is 204 g/mol. The third-order valence-corrected chi connectivity index (χ3v) is 3.78. The summed E-state index contributed by atoms with van der Waals surface area (Å²) in [5, 5.41) is 12.6. The second-order valence-electron chi connectivity index (χ2n) is 5.60. The van der Waals surface area contributed by atoms with E-state index in [2.05, 4.69) is 33.0 Å². The highest BCUT2D eigenvalue weighted by Crippen LogP contribution is 2.43. The van der Waals surface area contributed by atoms with Crippen LogP contribution in [0.4, 0.5) is 4.79 Å². The van der Waals surface area contributed by atoms with Gasteiger partial charge in [0.2, 0.25) is 0 Å². The fourth-order valence-electron chi connectivity index (χ4n) is 2.72.